The minimum atomic E-state index is -0.528. The summed E-state index contributed by atoms with van der Waals surface area (Å²) in [7, 11) is 0. The molecule has 4 N–H and O–H groups in total. The molecule has 0 bridgehead atoms. The van der Waals surface area contributed by atoms with Gasteiger partial charge < -0.3 is 10.7 Å². The zero-order valence-corrected chi connectivity index (χ0v) is 12.0. The quantitative estimate of drug-likeness (QED) is 0.447. The van der Waals surface area contributed by atoms with Crippen molar-refractivity contribution in [3.8, 4) is 0 Å². The number of nitro benzene ring substituents is 1. The normalized spacial score (nSPS) is 21.6. The van der Waals surface area contributed by atoms with E-state index in [1.54, 1.807) is 0 Å². The molecular weight excluding hydrogens is 272 g/mol. The highest BCUT2D eigenvalue weighted by Crippen LogP contribution is 2.25. The predicted molar refractivity (Wildman–Crippen MR) is 79.8 cm³/mol. The average molecular weight is 292 g/mol. The van der Waals surface area contributed by atoms with Gasteiger partial charge in [-0.05, 0) is 37.7 Å². The fourth-order valence-electron chi connectivity index (χ4n) is 2.63. The number of anilines is 1. The molecule has 1 aliphatic rings. The molecule has 7 nitrogen and oxygen atoms in total. The number of hydrazine groups is 1. The van der Waals surface area contributed by atoms with Crippen molar-refractivity contribution < 1.29 is 9.72 Å². The van der Waals surface area contributed by atoms with Gasteiger partial charge in [0.1, 0.15) is 0 Å². The lowest BCUT2D eigenvalue weighted by atomic mass is 9.87. The van der Waals surface area contributed by atoms with E-state index >= 15 is 0 Å². The molecule has 1 aromatic rings. The Labute approximate surface area is 123 Å². The second kappa shape index (κ2) is 6.53. The predicted octanol–water partition coefficient (Wildman–Crippen LogP) is 2.19. The number of carbonyl (C=O) groups excluding carboxylic acids is 1. The van der Waals surface area contributed by atoms with E-state index in [1.807, 2.05) is 0 Å². The van der Waals surface area contributed by atoms with Crippen LogP contribution in [0.4, 0.5) is 11.4 Å². The van der Waals surface area contributed by atoms with Crippen molar-refractivity contribution in [3.05, 3.63) is 33.9 Å². The number of benzene rings is 1. The number of nitrogens with zero attached hydrogens (tertiary/aromatic N) is 1. The largest absolute Gasteiger partial charge is 0.349 e. The van der Waals surface area contributed by atoms with Gasteiger partial charge in [-0.15, -0.1) is 0 Å². The number of nitrogens with one attached hydrogen (secondary N) is 2. The number of carbonyl (C=O) groups is 1. The number of nitrogen functional groups attached to an aromatic ring is 1. The number of hydrogen-bond acceptors (Lipinski definition) is 5. The number of hydrogen-bond donors (Lipinski definition) is 3. The summed E-state index contributed by atoms with van der Waals surface area (Å²) in [4.78, 5) is 22.6. The third kappa shape index (κ3) is 3.69. The van der Waals surface area contributed by atoms with Crippen molar-refractivity contribution in [3.63, 3.8) is 0 Å². The van der Waals surface area contributed by atoms with Crippen molar-refractivity contribution in [2.75, 3.05) is 5.43 Å². The summed E-state index contributed by atoms with van der Waals surface area (Å²) in [6, 6.07) is 4.12. The van der Waals surface area contributed by atoms with Crippen LogP contribution in [0, 0.1) is 16.0 Å². The van der Waals surface area contributed by atoms with Gasteiger partial charge in [-0.25, -0.2) is 0 Å². The minimum absolute atomic E-state index is 0.124. The Hall–Kier alpha value is -2.15. The number of amides is 1. The van der Waals surface area contributed by atoms with Crippen LogP contribution in [-0.4, -0.2) is 16.9 Å². The van der Waals surface area contributed by atoms with Gasteiger partial charge in [0.2, 0.25) is 0 Å². The Balaban J connectivity index is 2.13. The van der Waals surface area contributed by atoms with Gasteiger partial charge in [-0.1, -0.05) is 6.92 Å². The lowest BCUT2D eigenvalue weighted by Crippen LogP contribution is -2.37. The van der Waals surface area contributed by atoms with Gasteiger partial charge in [-0.2, -0.15) is 0 Å². The molecule has 0 atom stereocenters. The zero-order valence-electron chi connectivity index (χ0n) is 12.0. The maximum atomic E-state index is 12.3. The van der Waals surface area contributed by atoms with Crippen molar-refractivity contribution in [2.45, 2.75) is 38.6 Å². The molecular formula is C14H20N4O3. The van der Waals surface area contributed by atoms with Crippen LogP contribution in [0.3, 0.4) is 0 Å². The van der Waals surface area contributed by atoms with E-state index in [0.717, 1.165) is 25.7 Å². The van der Waals surface area contributed by atoms with Crippen LogP contribution >= 0.6 is 0 Å². The molecule has 0 aliphatic heterocycles. The lowest BCUT2D eigenvalue weighted by molar-refractivity contribution is -0.384. The molecule has 0 spiro atoms. The lowest BCUT2D eigenvalue weighted by Gasteiger charge is -2.27. The number of nitro groups is 1. The molecule has 1 fully saturated rings. The van der Waals surface area contributed by atoms with Crippen molar-refractivity contribution in [1.29, 1.82) is 0 Å². The van der Waals surface area contributed by atoms with E-state index in [9.17, 15) is 14.9 Å². The van der Waals surface area contributed by atoms with E-state index in [1.165, 1.54) is 18.2 Å². The monoisotopic (exact) mass is 292 g/mol. The molecule has 1 saturated carbocycles. The van der Waals surface area contributed by atoms with Gasteiger partial charge >= 0.3 is 0 Å². The third-order valence-electron chi connectivity index (χ3n) is 3.97. The standard InChI is InChI=1S/C14H20N4O3/c1-9-2-4-10(5-3-9)16-14(19)12-8-11(18(20)21)6-7-13(12)17-15/h6-10,17H,2-5,15H2,1H3,(H,16,19). The molecule has 1 amide bonds. The van der Waals surface area contributed by atoms with Crippen LogP contribution in [0.5, 0.6) is 0 Å². The smallest absolute Gasteiger partial charge is 0.270 e. The van der Waals surface area contributed by atoms with Gasteiger partial charge in [0, 0.05) is 18.2 Å². The van der Waals surface area contributed by atoms with E-state index < -0.39 is 4.92 Å². The van der Waals surface area contributed by atoms with Crippen molar-refractivity contribution in [2.24, 2.45) is 11.8 Å². The van der Waals surface area contributed by atoms with Crippen LogP contribution in [0.25, 0.3) is 0 Å². The van der Waals surface area contributed by atoms with E-state index in [2.05, 4.69) is 17.7 Å². The van der Waals surface area contributed by atoms with Crippen molar-refractivity contribution in [1.82, 2.24) is 5.32 Å². The Morgan fingerprint density at radius 1 is 1.33 bits per heavy atom. The molecule has 0 heterocycles. The molecule has 0 unspecified atom stereocenters. The Kier molecular flexibility index (Phi) is 4.74. The van der Waals surface area contributed by atoms with Gasteiger partial charge in [0.05, 0.1) is 16.2 Å². The van der Waals surface area contributed by atoms with Gasteiger partial charge in [-0.3, -0.25) is 20.8 Å². The molecule has 114 valence electrons. The first kappa shape index (κ1) is 15.2. The summed E-state index contributed by atoms with van der Waals surface area (Å²) >= 11 is 0. The Morgan fingerprint density at radius 3 is 2.57 bits per heavy atom. The third-order valence-corrected chi connectivity index (χ3v) is 3.97. The number of non-ortho nitro benzene ring substituents is 1. The summed E-state index contributed by atoms with van der Waals surface area (Å²) in [5, 5.41) is 13.8. The summed E-state index contributed by atoms with van der Waals surface area (Å²) in [5.74, 6) is 5.73. The number of rotatable bonds is 4. The Bertz CT molecular complexity index is 539. The summed E-state index contributed by atoms with van der Waals surface area (Å²) < 4.78 is 0. The van der Waals surface area contributed by atoms with Crippen LogP contribution in [-0.2, 0) is 0 Å². The second-order valence-electron chi connectivity index (χ2n) is 5.56. The summed E-state index contributed by atoms with van der Waals surface area (Å²) in [6.07, 6.45) is 4.05. The van der Waals surface area contributed by atoms with Gasteiger partial charge in [0.25, 0.3) is 11.6 Å². The molecule has 0 radical (unpaired) electrons. The summed E-state index contributed by atoms with van der Waals surface area (Å²) in [5.41, 5.74) is 2.85. The van der Waals surface area contributed by atoms with E-state index in [4.69, 9.17) is 5.84 Å². The SMILES string of the molecule is CC1CCC(NC(=O)c2cc([N+](=O)[O-])ccc2NN)CC1. The van der Waals surface area contributed by atoms with Crippen LogP contribution in [0.1, 0.15) is 43.0 Å². The molecule has 1 aliphatic carbocycles. The zero-order chi connectivity index (χ0) is 15.4. The topological polar surface area (TPSA) is 110 Å². The Morgan fingerprint density at radius 2 is 2.00 bits per heavy atom. The second-order valence-corrected chi connectivity index (χ2v) is 5.56. The molecule has 1 aromatic carbocycles. The van der Waals surface area contributed by atoms with Crippen LogP contribution in [0.15, 0.2) is 18.2 Å². The molecule has 7 heteroatoms. The molecule has 0 aromatic heterocycles. The summed E-state index contributed by atoms with van der Waals surface area (Å²) in [6.45, 7) is 2.20. The van der Waals surface area contributed by atoms with Crippen LogP contribution in [0.2, 0.25) is 0 Å². The molecule has 0 saturated heterocycles. The first-order chi connectivity index (χ1) is 10.0. The van der Waals surface area contributed by atoms with E-state index in [-0.39, 0.29) is 23.2 Å². The molecule has 21 heavy (non-hydrogen) atoms. The maximum absolute atomic E-state index is 12.3. The maximum Gasteiger partial charge on any atom is 0.270 e. The van der Waals surface area contributed by atoms with Crippen molar-refractivity contribution >= 4 is 17.3 Å². The van der Waals surface area contributed by atoms with Gasteiger partial charge in [0.15, 0.2) is 0 Å². The van der Waals surface area contributed by atoms with Crippen LogP contribution < -0.4 is 16.6 Å². The highest BCUT2D eigenvalue weighted by molar-refractivity contribution is 6.00. The highest BCUT2D eigenvalue weighted by atomic mass is 16.6. The fraction of sp³-hybridized carbons (Fsp3) is 0.500. The first-order valence-electron chi connectivity index (χ1n) is 7.07. The fourth-order valence-corrected chi connectivity index (χ4v) is 2.63. The highest BCUT2D eigenvalue weighted by Gasteiger charge is 2.22. The molecule has 2 rings (SSSR count). The minimum Gasteiger partial charge on any atom is -0.349 e. The van der Waals surface area contributed by atoms with E-state index in [0.29, 0.717) is 11.6 Å². The number of nitrogens with two attached hydrogens (primary N) is 1. The average Bonchev–Trinajstić information content (AvgIpc) is 2.48. The first-order valence-corrected chi connectivity index (χ1v) is 7.07.